The van der Waals surface area contributed by atoms with Crippen LogP contribution in [0.3, 0.4) is 0 Å². The van der Waals surface area contributed by atoms with Crippen LogP contribution in [0.4, 0.5) is 0 Å². The van der Waals surface area contributed by atoms with Crippen LogP contribution in [0.15, 0.2) is 12.2 Å². The molecular formula is C16H26O4Si. The third-order valence-corrected chi connectivity index (χ3v) is 6.50. The fraction of sp³-hybridized carbons (Fsp3) is 0.812. The molecule has 1 heterocycles. The molecule has 0 radical (unpaired) electrons. The topological polar surface area (TPSA) is 44.8 Å². The average Bonchev–Trinajstić information content (AvgIpc) is 2.85. The summed E-state index contributed by atoms with van der Waals surface area (Å²) >= 11 is 0. The van der Waals surface area contributed by atoms with Gasteiger partial charge in [-0.2, -0.15) is 0 Å². The number of hydrogen-bond donors (Lipinski definition) is 0. The summed E-state index contributed by atoms with van der Waals surface area (Å²) in [5.74, 6) is -0.392. The van der Waals surface area contributed by atoms with Crippen LogP contribution in [0, 0.1) is 17.8 Å². The molecule has 4 nitrogen and oxygen atoms in total. The van der Waals surface area contributed by atoms with Crippen LogP contribution < -0.4 is 0 Å². The molecule has 5 heteroatoms. The Balaban J connectivity index is 1.62. The van der Waals surface area contributed by atoms with Gasteiger partial charge in [0.15, 0.2) is 5.79 Å². The van der Waals surface area contributed by atoms with Crippen molar-refractivity contribution in [1.29, 1.82) is 0 Å². The lowest BCUT2D eigenvalue weighted by atomic mass is 9.65. The summed E-state index contributed by atoms with van der Waals surface area (Å²) in [7, 11) is -1.08. The molecule has 2 bridgehead atoms. The second-order valence-corrected chi connectivity index (χ2v) is 13.2. The number of hydrogen-bond acceptors (Lipinski definition) is 4. The van der Waals surface area contributed by atoms with Gasteiger partial charge in [0.25, 0.3) is 0 Å². The van der Waals surface area contributed by atoms with Gasteiger partial charge in [-0.25, -0.2) is 0 Å². The van der Waals surface area contributed by atoms with E-state index in [2.05, 4.69) is 25.7 Å². The molecule has 1 spiro atoms. The molecule has 118 valence electrons. The first-order valence-electron chi connectivity index (χ1n) is 7.99. The van der Waals surface area contributed by atoms with Crippen molar-refractivity contribution in [3.05, 3.63) is 12.2 Å². The molecule has 0 aromatic carbocycles. The fourth-order valence-electron chi connectivity index (χ4n) is 3.55. The Labute approximate surface area is 127 Å². The van der Waals surface area contributed by atoms with Crippen molar-refractivity contribution in [3.63, 3.8) is 0 Å². The Kier molecular flexibility index (Phi) is 4.12. The minimum atomic E-state index is -1.08. The van der Waals surface area contributed by atoms with Crippen molar-refractivity contribution >= 4 is 13.9 Å². The van der Waals surface area contributed by atoms with Gasteiger partial charge in [0.05, 0.1) is 25.7 Å². The van der Waals surface area contributed by atoms with Crippen molar-refractivity contribution in [1.82, 2.24) is 0 Å². The minimum absolute atomic E-state index is 0.0179. The van der Waals surface area contributed by atoms with E-state index in [1.807, 2.05) is 6.08 Å². The minimum Gasteiger partial charge on any atom is -0.381 e. The van der Waals surface area contributed by atoms with Gasteiger partial charge in [-0.1, -0.05) is 31.8 Å². The number of carbonyl (C=O) groups is 1. The Morgan fingerprint density at radius 1 is 1.29 bits per heavy atom. The monoisotopic (exact) mass is 310 g/mol. The summed E-state index contributed by atoms with van der Waals surface area (Å²) in [6.45, 7) is 9.54. The van der Waals surface area contributed by atoms with Crippen LogP contribution in [0.2, 0.25) is 25.7 Å². The highest BCUT2D eigenvalue weighted by molar-refractivity contribution is 6.76. The van der Waals surface area contributed by atoms with E-state index in [4.69, 9.17) is 14.2 Å². The van der Waals surface area contributed by atoms with Gasteiger partial charge in [-0.15, -0.1) is 0 Å². The number of carbonyl (C=O) groups excluding carboxylic acids is 1. The molecule has 3 atom stereocenters. The highest BCUT2D eigenvalue weighted by atomic mass is 28.3. The lowest BCUT2D eigenvalue weighted by Crippen LogP contribution is -2.56. The van der Waals surface area contributed by atoms with Gasteiger partial charge in [-0.05, 0) is 6.04 Å². The zero-order chi connectivity index (χ0) is 15.1. The number of ether oxygens (including phenoxy) is 3. The van der Waals surface area contributed by atoms with Crippen LogP contribution in [-0.4, -0.2) is 46.1 Å². The van der Waals surface area contributed by atoms with Crippen LogP contribution >= 0.6 is 0 Å². The molecule has 1 saturated heterocycles. The number of Topliss-reactive ketones (excluding diaryl/α,β-unsaturated/α-hetero) is 1. The van der Waals surface area contributed by atoms with Crippen molar-refractivity contribution in [3.8, 4) is 0 Å². The number of ketones is 1. The van der Waals surface area contributed by atoms with Gasteiger partial charge in [0, 0.05) is 32.9 Å². The second kappa shape index (κ2) is 5.61. The van der Waals surface area contributed by atoms with Gasteiger partial charge in [0.2, 0.25) is 0 Å². The molecule has 21 heavy (non-hydrogen) atoms. The molecular weight excluding hydrogens is 284 g/mol. The van der Waals surface area contributed by atoms with E-state index in [1.54, 1.807) is 0 Å². The first kappa shape index (κ1) is 15.4. The molecule has 1 saturated carbocycles. The summed E-state index contributed by atoms with van der Waals surface area (Å²) in [4.78, 5) is 12.5. The summed E-state index contributed by atoms with van der Waals surface area (Å²) in [5, 5.41) is 0. The molecule has 2 fully saturated rings. The van der Waals surface area contributed by atoms with E-state index in [0.29, 0.717) is 32.0 Å². The average molecular weight is 310 g/mol. The van der Waals surface area contributed by atoms with E-state index in [-0.39, 0.29) is 17.8 Å². The van der Waals surface area contributed by atoms with Crippen molar-refractivity contribution < 1.29 is 19.0 Å². The number of rotatable bonds is 5. The molecule has 0 unspecified atom stereocenters. The molecule has 4 aliphatic rings. The molecule has 4 rings (SSSR count). The first-order chi connectivity index (χ1) is 9.91. The molecule has 0 aromatic heterocycles. The van der Waals surface area contributed by atoms with Crippen LogP contribution in [0.1, 0.15) is 6.42 Å². The predicted octanol–water partition coefficient (Wildman–Crippen LogP) is 2.48. The van der Waals surface area contributed by atoms with Crippen LogP contribution in [-0.2, 0) is 19.0 Å². The summed E-state index contributed by atoms with van der Waals surface area (Å²) < 4.78 is 17.6. The van der Waals surface area contributed by atoms with E-state index in [0.717, 1.165) is 12.7 Å². The normalized spacial score (nSPS) is 34.0. The predicted molar refractivity (Wildman–Crippen MR) is 82.8 cm³/mol. The second-order valence-electron chi connectivity index (χ2n) is 7.62. The highest BCUT2D eigenvalue weighted by Crippen LogP contribution is 2.49. The Morgan fingerprint density at radius 3 is 2.67 bits per heavy atom. The lowest BCUT2D eigenvalue weighted by Gasteiger charge is -2.47. The van der Waals surface area contributed by atoms with Crippen LogP contribution in [0.5, 0.6) is 0 Å². The summed E-state index contributed by atoms with van der Waals surface area (Å²) in [5.41, 5.74) is 0. The standard InChI is InChI=1S/C16H26O4Si/c1-21(2,3)9-8-18-11-13-14-5-4-12(15(13)17)10-16(14)19-6-7-20-16/h4-5,12-14H,6-11H2,1-3H3/t12-,13+,14+/m0/s1. The number of allylic oxidation sites excluding steroid dienone is 1. The Hall–Kier alpha value is -0.493. The Bertz CT molecular complexity index is 434. The molecule has 3 aliphatic carbocycles. The number of fused-ring (bicyclic) bond motifs is 1. The SMILES string of the molecule is C[Si](C)(C)CCOC[C@H]1C(=O)[C@H]2C=C[C@H]1C1(C2)OCCO1. The van der Waals surface area contributed by atoms with Gasteiger partial charge < -0.3 is 14.2 Å². The van der Waals surface area contributed by atoms with Gasteiger partial charge >= 0.3 is 0 Å². The smallest absolute Gasteiger partial charge is 0.176 e. The fourth-order valence-corrected chi connectivity index (χ4v) is 4.31. The van der Waals surface area contributed by atoms with E-state index in [9.17, 15) is 4.79 Å². The van der Waals surface area contributed by atoms with Crippen molar-refractivity contribution in [2.75, 3.05) is 26.4 Å². The molecule has 0 aromatic rings. The van der Waals surface area contributed by atoms with Gasteiger partial charge in [0.1, 0.15) is 5.78 Å². The molecule has 0 amide bonds. The maximum atomic E-state index is 12.5. The highest BCUT2D eigenvalue weighted by Gasteiger charge is 2.57. The zero-order valence-corrected chi connectivity index (χ0v) is 14.3. The van der Waals surface area contributed by atoms with Crippen molar-refractivity contribution in [2.24, 2.45) is 17.8 Å². The third-order valence-electron chi connectivity index (χ3n) is 4.80. The van der Waals surface area contributed by atoms with E-state index < -0.39 is 13.9 Å². The zero-order valence-electron chi connectivity index (χ0n) is 13.3. The van der Waals surface area contributed by atoms with Crippen molar-refractivity contribution in [2.45, 2.75) is 37.9 Å². The van der Waals surface area contributed by atoms with E-state index in [1.165, 1.54) is 0 Å². The Morgan fingerprint density at radius 2 is 2.00 bits per heavy atom. The maximum absolute atomic E-state index is 12.5. The largest absolute Gasteiger partial charge is 0.381 e. The maximum Gasteiger partial charge on any atom is 0.176 e. The van der Waals surface area contributed by atoms with Crippen LogP contribution in [0.25, 0.3) is 0 Å². The summed E-state index contributed by atoms with van der Waals surface area (Å²) in [6, 6.07) is 1.13. The quantitative estimate of drug-likeness (QED) is 0.444. The summed E-state index contributed by atoms with van der Waals surface area (Å²) in [6.07, 6.45) is 4.83. The third kappa shape index (κ3) is 3.02. The molecule has 0 N–H and O–H groups in total. The van der Waals surface area contributed by atoms with E-state index >= 15 is 0 Å². The molecule has 1 aliphatic heterocycles. The first-order valence-corrected chi connectivity index (χ1v) is 11.7. The lowest BCUT2D eigenvalue weighted by molar-refractivity contribution is -0.225. The van der Waals surface area contributed by atoms with Gasteiger partial charge in [-0.3, -0.25) is 4.79 Å².